The van der Waals surface area contributed by atoms with E-state index < -0.39 is 6.10 Å². The second kappa shape index (κ2) is 9.16. The lowest BCUT2D eigenvalue weighted by Crippen LogP contribution is -2.03. The van der Waals surface area contributed by atoms with Crippen LogP contribution < -0.4 is 9.47 Å². The monoisotopic (exact) mass is 315 g/mol. The second-order valence-electron chi connectivity index (χ2n) is 5.37. The van der Waals surface area contributed by atoms with E-state index in [1.165, 1.54) is 0 Å². The lowest BCUT2D eigenvalue weighted by molar-refractivity contribution is 0.163. The topological polar surface area (TPSA) is 51.6 Å². The molecule has 124 valence electrons. The van der Waals surface area contributed by atoms with Gasteiger partial charge in [-0.05, 0) is 56.0 Å². The molecular weight excluding hydrogens is 290 g/mol. The van der Waals surface area contributed by atoms with E-state index in [-0.39, 0.29) is 0 Å². The molecule has 0 saturated carbocycles. The van der Waals surface area contributed by atoms with Gasteiger partial charge in [0.2, 0.25) is 0 Å². The van der Waals surface area contributed by atoms with Crippen LogP contribution in [0.3, 0.4) is 0 Å². The molecule has 1 aromatic carbocycles. The summed E-state index contributed by atoms with van der Waals surface area (Å²) in [5, 5.41) is 10.2. The molecule has 0 amide bonds. The van der Waals surface area contributed by atoms with Gasteiger partial charge in [0, 0.05) is 6.20 Å². The second-order valence-corrected chi connectivity index (χ2v) is 5.37. The Kier molecular flexibility index (Phi) is 6.88. The van der Waals surface area contributed by atoms with Gasteiger partial charge >= 0.3 is 0 Å². The molecule has 0 aliphatic rings. The summed E-state index contributed by atoms with van der Waals surface area (Å²) >= 11 is 0. The molecule has 0 aliphatic heterocycles. The van der Waals surface area contributed by atoms with E-state index in [1.807, 2.05) is 43.3 Å². The number of hydrogen-bond acceptors (Lipinski definition) is 4. The molecule has 0 fully saturated rings. The van der Waals surface area contributed by atoms with Crippen LogP contribution in [0.25, 0.3) is 0 Å². The Bertz CT molecular complexity index is 586. The van der Waals surface area contributed by atoms with Gasteiger partial charge in [-0.1, -0.05) is 19.1 Å². The normalized spacial score (nSPS) is 12.0. The van der Waals surface area contributed by atoms with Crippen molar-refractivity contribution in [3.63, 3.8) is 0 Å². The molecule has 4 heteroatoms. The van der Waals surface area contributed by atoms with E-state index in [9.17, 15) is 5.11 Å². The predicted octanol–water partition coefficient (Wildman–Crippen LogP) is 3.94. The minimum atomic E-state index is -0.553. The maximum Gasteiger partial charge on any atom is 0.161 e. The van der Waals surface area contributed by atoms with E-state index in [0.29, 0.717) is 25.3 Å². The Morgan fingerprint density at radius 3 is 2.65 bits per heavy atom. The third kappa shape index (κ3) is 5.25. The fourth-order valence-electron chi connectivity index (χ4n) is 2.33. The summed E-state index contributed by atoms with van der Waals surface area (Å²) in [5.74, 6) is 1.55. The van der Waals surface area contributed by atoms with Crippen LogP contribution in [0, 0.1) is 0 Å². The molecule has 0 bridgehead atoms. The molecule has 1 unspecified atom stereocenters. The van der Waals surface area contributed by atoms with Crippen LogP contribution in [-0.4, -0.2) is 23.3 Å². The van der Waals surface area contributed by atoms with Crippen molar-refractivity contribution in [3.8, 4) is 11.5 Å². The molecule has 1 aromatic heterocycles. The predicted molar refractivity (Wildman–Crippen MR) is 90.9 cm³/mol. The van der Waals surface area contributed by atoms with Crippen LogP contribution in [0.4, 0.5) is 0 Å². The van der Waals surface area contributed by atoms with E-state index in [1.54, 1.807) is 6.20 Å². The van der Waals surface area contributed by atoms with Crippen molar-refractivity contribution in [1.82, 2.24) is 4.98 Å². The quantitative estimate of drug-likeness (QED) is 0.761. The van der Waals surface area contributed by atoms with Crippen molar-refractivity contribution < 1.29 is 14.6 Å². The Balaban J connectivity index is 2.00. The van der Waals surface area contributed by atoms with Crippen molar-refractivity contribution in [2.45, 2.75) is 39.2 Å². The maximum atomic E-state index is 10.2. The van der Waals surface area contributed by atoms with E-state index in [2.05, 4.69) is 11.9 Å². The van der Waals surface area contributed by atoms with Crippen molar-refractivity contribution in [3.05, 3.63) is 53.9 Å². The third-order valence-corrected chi connectivity index (χ3v) is 3.51. The number of benzene rings is 1. The first kappa shape index (κ1) is 17.3. The average Bonchev–Trinajstić information content (AvgIpc) is 2.60. The van der Waals surface area contributed by atoms with Crippen molar-refractivity contribution >= 4 is 0 Å². The summed E-state index contributed by atoms with van der Waals surface area (Å²) in [6.07, 6.45) is 3.49. The molecule has 0 spiro atoms. The van der Waals surface area contributed by atoms with Crippen molar-refractivity contribution in [1.29, 1.82) is 0 Å². The molecule has 1 heterocycles. The zero-order valence-electron chi connectivity index (χ0n) is 13.9. The zero-order valence-corrected chi connectivity index (χ0v) is 13.9. The Labute approximate surface area is 138 Å². The Morgan fingerprint density at radius 1 is 1.09 bits per heavy atom. The molecule has 0 aliphatic carbocycles. The number of hydrogen-bond donors (Lipinski definition) is 1. The largest absolute Gasteiger partial charge is 0.490 e. The smallest absolute Gasteiger partial charge is 0.161 e. The number of aryl methyl sites for hydroxylation is 1. The number of nitrogens with zero attached hydrogens (tertiary/aromatic N) is 1. The molecule has 1 N–H and O–H groups in total. The highest BCUT2D eigenvalue weighted by Gasteiger charge is 2.11. The maximum absolute atomic E-state index is 10.2. The number of aromatic nitrogens is 1. The van der Waals surface area contributed by atoms with Gasteiger partial charge in [-0.25, -0.2) is 0 Å². The van der Waals surface area contributed by atoms with Crippen LogP contribution >= 0.6 is 0 Å². The molecular formula is C19H25NO3. The molecule has 4 nitrogen and oxygen atoms in total. The Hall–Kier alpha value is -2.07. The van der Waals surface area contributed by atoms with E-state index >= 15 is 0 Å². The van der Waals surface area contributed by atoms with Crippen LogP contribution in [0.15, 0.2) is 42.6 Å². The minimum absolute atomic E-state index is 0.553. The van der Waals surface area contributed by atoms with Crippen LogP contribution in [0.2, 0.25) is 0 Å². The highest BCUT2D eigenvalue weighted by Crippen LogP contribution is 2.30. The van der Waals surface area contributed by atoms with Gasteiger partial charge in [0.15, 0.2) is 11.5 Å². The Morgan fingerprint density at radius 2 is 1.96 bits per heavy atom. The summed E-state index contributed by atoms with van der Waals surface area (Å²) < 4.78 is 11.4. The van der Waals surface area contributed by atoms with Crippen molar-refractivity contribution in [2.24, 2.45) is 0 Å². The molecule has 1 atom stereocenters. The summed E-state index contributed by atoms with van der Waals surface area (Å²) in [5.41, 5.74) is 1.83. The van der Waals surface area contributed by atoms with Crippen LogP contribution in [0.1, 0.15) is 44.1 Å². The fraction of sp³-hybridized carbons (Fsp3) is 0.421. The standard InChI is InChI=1S/C19H25NO3/c1-3-13-23-18-11-9-15(14-19(18)22-4-2)8-10-17(21)16-7-5-6-12-20-16/h5-7,9,11-12,14,17,21H,3-4,8,10,13H2,1-2H3. The van der Waals surface area contributed by atoms with Gasteiger partial charge in [0.25, 0.3) is 0 Å². The van der Waals surface area contributed by atoms with Gasteiger partial charge < -0.3 is 14.6 Å². The van der Waals surface area contributed by atoms with E-state index in [4.69, 9.17) is 9.47 Å². The molecule has 0 saturated heterocycles. The first-order chi connectivity index (χ1) is 11.2. The van der Waals surface area contributed by atoms with Crippen molar-refractivity contribution in [2.75, 3.05) is 13.2 Å². The van der Waals surface area contributed by atoms with E-state index in [0.717, 1.165) is 29.9 Å². The summed E-state index contributed by atoms with van der Waals surface area (Å²) in [7, 11) is 0. The minimum Gasteiger partial charge on any atom is -0.490 e. The first-order valence-corrected chi connectivity index (χ1v) is 8.22. The number of rotatable bonds is 9. The highest BCUT2D eigenvalue weighted by molar-refractivity contribution is 5.43. The van der Waals surface area contributed by atoms with Crippen LogP contribution in [-0.2, 0) is 6.42 Å². The average molecular weight is 315 g/mol. The highest BCUT2D eigenvalue weighted by atomic mass is 16.5. The molecule has 0 radical (unpaired) electrons. The summed E-state index contributed by atoms with van der Waals surface area (Å²) in [6, 6.07) is 11.6. The number of aliphatic hydroxyl groups excluding tert-OH is 1. The molecule has 23 heavy (non-hydrogen) atoms. The number of ether oxygens (including phenoxy) is 2. The molecule has 2 aromatic rings. The van der Waals surface area contributed by atoms with Gasteiger partial charge in [-0.15, -0.1) is 0 Å². The summed E-state index contributed by atoms with van der Waals surface area (Å²) in [6.45, 7) is 5.31. The van der Waals surface area contributed by atoms with Gasteiger partial charge in [0.1, 0.15) is 0 Å². The van der Waals surface area contributed by atoms with Gasteiger partial charge in [-0.3, -0.25) is 4.98 Å². The van der Waals surface area contributed by atoms with Crippen LogP contribution in [0.5, 0.6) is 11.5 Å². The SMILES string of the molecule is CCCOc1ccc(CCC(O)c2ccccn2)cc1OCC. The lowest BCUT2D eigenvalue weighted by atomic mass is 10.0. The zero-order chi connectivity index (χ0) is 16.5. The number of aliphatic hydroxyl groups is 1. The number of pyridine rings is 1. The third-order valence-electron chi connectivity index (χ3n) is 3.51. The van der Waals surface area contributed by atoms with Gasteiger partial charge in [0.05, 0.1) is 25.0 Å². The fourth-order valence-corrected chi connectivity index (χ4v) is 2.33. The van der Waals surface area contributed by atoms with Gasteiger partial charge in [-0.2, -0.15) is 0 Å². The first-order valence-electron chi connectivity index (χ1n) is 8.22. The summed E-state index contributed by atoms with van der Waals surface area (Å²) in [4.78, 5) is 4.19. The lowest BCUT2D eigenvalue weighted by Gasteiger charge is -2.14. The molecule has 2 rings (SSSR count).